The van der Waals surface area contributed by atoms with Crippen molar-refractivity contribution in [3.05, 3.63) is 90.5 Å². The Labute approximate surface area is 225 Å². The highest BCUT2D eigenvalue weighted by Gasteiger charge is 2.22. The summed E-state index contributed by atoms with van der Waals surface area (Å²) in [6.45, 7) is 0.989. The number of para-hydroxylation sites is 2. The number of fused-ring (bicyclic) bond motifs is 2. The van der Waals surface area contributed by atoms with Gasteiger partial charge in [-0.25, -0.2) is 4.98 Å². The highest BCUT2D eigenvalue weighted by Crippen LogP contribution is 2.31. The molecule has 3 aromatic carbocycles. The van der Waals surface area contributed by atoms with Gasteiger partial charge in [0.25, 0.3) is 0 Å². The van der Waals surface area contributed by atoms with Gasteiger partial charge >= 0.3 is 0 Å². The molecule has 6 rings (SSSR count). The maximum atomic E-state index is 4.91. The number of rotatable bonds is 8. The van der Waals surface area contributed by atoms with Crippen LogP contribution in [0, 0.1) is 0 Å². The van der Waals surface area contributed by atoms with Gasteiger partial charge in [-0.15, -0.1) is 0 Å². The molecule has 5 heteroatoms. The van der Waals surface area contributed by atoms with Gasteiger partial charge < -0.3 is 20.5 Å². The number of benzene rings is 3. The smallest absolute Gasteiger partial charge is 0.128 e. The molecule has 5 nitrogen and oxygen atoms in total. The molecule has 1 saturated carbocycles. The summed E-state index contributed by atoms with van der Waals surface area (Å²) >= 11 is 0. The Hall–Kier alpha value is -3.83. The lowest BCUT2D eigenvalue weighted by molar-refractivity contribution is 0.355. The number of hydrogen-bond acceptors (Lipinski definition) is 4. The predicted octanol–water partition coefficient (Wildman–Crippen LogP) is 7.00. The molecular formula is C33H37N5. The van der Waals surface area contributed by atoms with Gasteiger partial charge in [0.1, 0.15) is 5.82 Å². The molecule has 2 heterocycles. The molecule has 0 bridgehead atoms. The third-order valence-corrected chi connectivity index (χ3v) is 7.94. The lowest BCUT2D eigenvalue weighted by atomic mass is 9.91. The summed E-state index contributed by atoms with van der Waals surface area (Å²) in [6, 6.07) is 31.0. The van der Waals surface area contributed by atoms with E-state index in [1.807, 2.05) is 0 Å². The summed E-state index contributed by atoms with van der Waals surface area (Å²) in [4.78, 5) is 10.8. The van der Waals surface area contributed by atoms with Gasteiger partial charge in [-0.1, -0.05) is 66.7 Å². The highest BCUT2D eigenvalue weighted by molar-refractivity contribution is 5.93. The van der Waals surface area contributed by atoms with Crippen molar-refractivity contribution < 1.29 is 0 Å². The molecule has 0 unspecified atom stereocenters. The second-order valence-electron chi connectivity index (χ2n) is 10.7. The van der Waals surface area contributed by atoms with Crippen molar-refractivity contribution in [1.82, 2.24) is 15.3 Å². The maximum Gasteiger partial charge on any atom is 0.128 e. The van der Waals surface area contributed by atoms with Crippen molar-refractivity contribution in [3.8, 4) is 11.3 Å². The molecule has 3 N–H and O–H groups in total. The summed E-state index contributed by atoms with van der Waals surface area (Å²) in [6.07, 6.45) is 5.70. The highest BCUT2D eigenvalue weighted by atomic mass is 15.1. The molecule has 0 radical (unpaired) electrons. The van der Waals surface area contributed by atoms with Crippen LogP contribution in [-0.4, -0.2) is 42.7 Å². The minimum Gasteiger partial charge on any atom is -0.377 e. The SMILES string of the molecule is CN(C)c1cc(N[C@H]2CC[C@@H](NCCc3c(-c4ccccc4)[nH]c4ccccc34)CC2)nc2ccccc12. The Morgan fingerprint density at radius 2 is 1.50 bits per heavy atom. The first-order chi connectivity index (χ1) is 18.7. The van der Waals surface area contributed by atoms with E-state index in [0.29, 0.717) is 12.1 Å². The summed E-state index contributed by atoms with van der Waals surface area (Å²) in [5.41, 5.74) is 7.39. The van der Waals surface area contributed by atoms with Gasteiger partial charge in [0, 0.05) is 59.9 Å². The Balaban J connectivity index is 1.07. The van der Waals surface area contributed by atoms with Gasteiger partial charge in [0.2, 0.25) is 0 Å². The van der Waals surface area contributed by atoms with Crippen LogP contribution >= 0.6 is 0 Å². The lowest BCUT2D eigenvalue weighted by Crippen LogP contribution is -2.38. The van der Waals surface area contributed by atoms with Gasteiger partial charge in [0.15, 0.2) is 0 Å². The van der Waals surface area contributed by atoms with E-state index >= 15 is 0 Å². The van der Waals surface area contributed by atoms with E-state index in [0.717, 1.165) is 37.1 Å². The molecule has 1 fully saturated rings. The minimum absolute atomic E-state index is 0.468. The zero-order valence-corrected chi connectivity index (χ0v) is 22.4. The molecule has 1 aliphatic rings. The number of hydrogen-bond donors (Lipinski definition) is 3. The van der Waals surface area contributed by atoms with E-state index in [-0.39, 0.29) is 0 Å². The van der Waals surface area contributed by atoms with Crippen LogP contribution in [0.25, 0.3) is 33.1 Å². The van der Waals surface area contributed by atoms with Crippen LogP contribution < -0.4 is 15.5 Å². The van der Waals surface area contributed by atoms with Crippen molar-refractivity contribution in [2.24, 2.45) is 0 Å². The minimum atomic E-state index is 0.468. The first kappa shape index (κ1) is 24.5. The van der Waals surface area contributed by atoms with Gasteiger partial charge in [-0.05, 0) is 61.9 Å². The van der Waals surface area contributed by atoms with E-state index in [1.54, 1.807) is 0 Å². The summed E-state index contributed by atoms with van der Waals surface area (Å²) in [5, 5.41) is 10.1. The first-order valence-electron chi connectivity index (χ1n) is 13.9. The molecule has 38 heavy (non-hydrogen) atoms. The summed E-state index contributed by atoms with van der Waals surface area (Å²) in [5.74, 6) is 0.983. The molecule has 0 amide bonds. The Morgan fingerprint density at radius 3 is 2.29 bits per heavy atom. The zero-order chi connectivity index (χ0) is 25.9. The fourth-order valence-electron chi connectivity index (χ4n) is 5.96. The molecular weight excluding hydrogens is 466 g/mol. The van der Waals surface area contributed by atoms with E-state index in [1.165, 1.54) is 51.6 Å². The second kappa shape index (κ2) is 10.9. The monoisotopic (exact) mass is 503 g/mol. The number of aromatic nitrogens is 2. The van der Waals surface area contributed by atoms with Crippen LogP contribution in [0.3, 0.4) is 0 Å². The van der Waals surface area contributed by atoms with Gasteiger partial charge in [0.05, 0.1) is 5.52 Å². The van der Waals surface area contributed by atoms with Crippen LogP contribution in [0.5, 0.6) is 0 Å². The van der Waals surface area contributed by atoms with Crippen molar-refractivity contribution in [2.75, 3.05) is 30.9 Å². The zero-order valence-electron chi connectivity index (χ0n) is 22.4. The second-order valence-corrected chi connectivity index (χ2v) is 10.7. The molecule has 0 aliphatic heterocycles. The number of anilines is 2. The van der Waals surface area contributed by atoms with Gasteiger partial charge in [-0.3, -0.25) is 0 Å². The van der Waals surface area contributed by atoms with Crippen LogP contribution in [0.2, 0.25) is 0 Å². The molecule has 0 atom stereocenters. The number of H-pyrrole nitrogens is 1. The summed E-state index contributed by atoms with van der Waals surface area (Å²) in [7, 11) is 4.20. The maximum absolute atomic E-state index is 4.91. The van der Waals surface area contributed by atoms with Crippen molar-refractivity contribution in [2.45, 2.75) is 44.2 Å². The van der Waals surface area contributed by atoms with Crippen LogP contribution in [0.15, 0.2) is 84.9 Å². The van der Waals surface area contributed by atoms with Crippen LogP contribution in [-0.2, 0) is 6.42 Å². The molecule has 0 saturated heterocycles. The molecule has 0 spiro atoms. The number of nitrogens with one attached hydrogen (secondary N) is 3. The van der Waals surface area contributed by atoms with Crippen LogP contribution in [0.4, 0.5) is 11.5 Å². The number of nitrogens with zero attached hydrogens (tertiary/aromatic N) is 2. The van der Waals surface area contributed by atoms with E-state index in [2.05, 4.69) is 120 Å². The van der Waals surface area contributed by atoms with E-state index in [9.17, 15) is 0 Å². The van der Waals surface area contributed by atoms with Crippen molar-refractivity contribution >= 4 is 33.3 Å². The fraction of sp³-hybridized carbons (Fsp3) is 0.303. The van der Waals surface area contributed by atoms with Gasteiger partial charge in [-0.2, -0.15) is 0 Å². The number of pyridine rings is 1. The quantitative estimate of drug-likeness (QED) is 0.213. The Kier molecular flexibility index (Phi) is 7.02. The van der Waals surface area contributed by atoms with E-state index in [4.69, 9.17) is 4.98 Å². The van der Waals surface area contributed by atoms with Crippen LogP contribution in [0.1, 0.15) is 31.2 Å². The predicted molar refractivity (Wildman–Crippen MR) is 161 cm³/mol. The Morgan fingerprint density at radius 1 is 0.816 bits per heavy atom. The molecule has 194 valence electrons. The number of aromatic amines is 1. The van der Waals surface area contributed by atoms with E-state index < -0.39 is 0 Å². The third-order valence-electron chi connectivity index (χ3n) is 7.94. The first-order valence-corrected chi connectivity index (χ1v) is 13.9. The summed E-state index contributed by atoms with van der Waals surface area (Å²) < 4.78 is 0. The normalized spacial score (nSPS) is 17.6. The van der Waals surface area contributed by atoms with Crippen molar-refractivity contribution in [1.29, 1.82) is 0 Å². The Bertz CT molecular complexity index is 1510. The lowest BCUT2D eigenvalue weighted by Gasteiger charge is -2.30. The fourth-order valence-corrected chi connectivity index (χ4v) is 5.96. The standard InChI is InChI=1S/C33H37N5/c1-38(2)31-22-32(36-30-15-9-7-13-28(30)31)35-25-18-16-24(17-19-25)34-21-20-27-26-12-6-8-14-29(26)37-33(27)23-10-4-3-5-11-23/h3-15,22,24-25,34,37H,16-21H2,1-2H3,(H,35,36)/t24-,25+. The largest absolute Gasteiger partial charge is 0.377 e. The topological polar surface area (TPSA) is 56.0 Å². The molecule has 2 aromatic heterocycles. The molecule has 1 aliphatic carbocycles. The third kappa shape index (κ3) is 5.11. The molecule has 5 aromatic rings. The van der Waals surface area contributed by atoms with Crippen molar-refractivity contribution in [3.63, 3.8) is 0 Å². The average Bonchev–Trinajstić information content (AvgIpc) is 3.32. The average molecular weight is 504 g/mol.